The van der Waals surface area contributed by atoms with Crippen molar-refractivity contribution in [3.8, 4) is 0 Å². The summed E-state index contributed by atoms with van der Waals surface area (Å²) in [5.41, 5.74) is -0.000110. The van der Waals surface area contributed by atoms with E-state index in [9.17, 15) is 20.1 Å². The molecular weight excluding hydrogens is 304 g/mol. The third-order valence-electron chi connectivity index (χ3n) is 8.70. The maximum Gasteiger partial charge on any atom is 0.309 e. The van der Waals surface area contributed by atoms with E-state index in [1.807, 2.05) is 6.92 Å². The van der Waals surface area contributed by atoms with Gasteiger partial charge >= 0.3 is 5.97 Å². The molecule has 4 fully saturated rings. The fraction of sp³-hybridized carbons (Fsp3) is 0.850. The summed E-state index contributed by atoms with van der Waals surface area (Å²) in [5, 5.41) is 31.7. The molecule has 0 aliphatic heterocycles. The van der Waals surface area contributed by atoms with Gasteiger partial charge in [0.2, 0.25) is 0 Å². The van der Waals surface area contributed by atoms with E-state index in [2.05, 4.69) is 13.5 Å². The lowest BCUT2D eigenvalue weighted by molar-refractivity contribution is -0.216. The number of carboxylic acid groups (broad SMARTS) is 1. The van der Waals surface area contributed by atoms with E-state index in [0.29, 0.717) is 19.3 Å². The lowest BCUT2D eigenvalue weighted by atomic mass is 9.40. The molecule has 4 rings (SSSR count). The second-order valence-electron chi connectivity index (χ2n) is 9.62. The van der Waals surface area contributed by atoms with Crippen molar-refractivity contribution in [2.45, 2.75) is 71.0 Å². The molecule has 0 aromatic carbocycles. The van der Waals surface area contributed by atoms with Crippen molar-refractivity contribution in [2.24, 2.45) is 34.0 Å². The normalized spacial score (nSPS) is 56.5. The predicted molar refractivity (Wildman–Crippen MR) is 90.2 cm³/mol. The Hall–Kier alpha value is -0.870. The largest absolute Gasteiger partial charge is 0.481 e. The van der Waals surface area contributed by atoms with Crippen molar-refractivity contribution in [1.29, 1.82) is 0 Å². The van der Waals surface area contributed by atoms with Crippen LogP contribution in [0.15, 0.2) is 12.2 Å². The minimum atomic E-state index is -0.771. The summed E-state index contributed by atoms with van der Waals surface area (Å²) >= 11 is 0. The number of rotatable bonds is 1. The monoisotopic (exact) mass is 334 g/mol. The highest BCUT2D eigenvalue weighted by molar-refractivity contribution is 5.75. The van der Waals surface area contributed by atoms with Gasteiger partial charge in [0.25, 0.3) is 0 Å². The van der Waals surface area contributed by atoms with Gasteiger partial charge in [0, 0.05) is 11.3 Å². The maximum atomic E-state index is 12.1. The molecule has 1 spiro atoms. The van der Waals surface area contributed by atoms with Crippen LogP contribution in [0.5, 0.6) is 0 Å². The van der Waals surface area contributed by atoms with Gasteiger partial charge in [0.1, 0.15) is 0 Å². The fourth-order valence-electron chi connectivity index (χ4n) is 7.48. The van der Waals surface area contributed by atoms with Crippen LogP contribution >= 0.6 is 0 Å². The topological polar surface area (TPSA) is 77.8 Å². The van der Waals surface area contributed by atoms with Gasteiger partial charge in [-0.1, -0.05) is 25.5 Å². The second-order valence-corrected chi connectivity index (χ2v) is 9.62. The first-order chi connectivity index (χ1) is 11.1. The first-order valence-corrected chi connectivity index (χ1v) is 9.42. The van der Waals surface area contributed by atoms with E-state index < -0.39 is 17.5 Å². The number of aliphatic hydroxyl groups excluding tert-OH is 2. The molecule has 0 aromatic rings. The van der Waals surface area contributed by atoms with E-state index in [-0.39, 0.29) is 34.7 Å². The van der Waals surface area contributed by atoms with Crippen molar-refractivity contribution in [1.82, 2.24) is 0 Å². The zero-order valence-electron chi connectivity index (χ0n) is 14.8. The third kappa shape index (κ3) is 1.79. The van der Waals surface area contributed by atoms with Crippen LogP contribution < -0.4 is 0 Å². The summed E-state index contributed by atoms with van der Waals surface area (Å²) in [4.78, 5) is 12.1. The van der Waals surface area contributed by atoms with Crippen molar-refractivity contribution in [3.63, 3.8) is 0 Å². The lowest BCUT2D eigenvalue weighted by Gasteiger charge is -2.65. The molecule has 8 atom stereocenters. The average molecular weight is 334 g/mol. The number of carbonyl (C=O) groups is 1. The standard InChI is InChI=1S/C20H30O4/c1-11-9-20-10-12(11)13(21)7-15(20)18(2)5-4-6-19(3,17(23)24)14(18)8-16(20)22/h12-16,21-22H,1,4-10H2,2-3H3,(H,23,24)/t12-,13+,14+,15+,16+,18-,19-,20+/m1/s1. The van der Waals surface area contributed by atoms with Crippen LogP contribution in [0.25, 0.3) is 0 Å². The van der Waals surface area contributed by atoms with Crippen molar-refractivity contribution < 1.29 is 20.1 Å². The zero-order chi connectivity index (χ0) is 17.5. The Morgan fingerprint density at radius 1 is 1.17 bits per heavy atom. The molecule has 24 heavy (non-hydrogen) atoms. The number of hydrogen-bond donors (Lipinski definition) is 3. The highest BCUT2D eigenvalue weighted by Gasteiger charge is 2.69. The molecule has 4 heteroatoms. The first-order valence-electron chi connectivity index (χ1n) is 9.42. The quantitative estimate of drug-likeness (QED) is 0.644. The van der Waals surface area contributed by atoms with Gasteiger partial charge in [-0.3, -0.25) is 4.79 Å². The van der Waals surface area contributed by atoms with Crippen LogP contribution in [0.1, 0.15) is 58.8 Å². The molecule has 0 radical (unpaired) electrons. The Balaban J connectivity index is 1.81. The third-order valence-corrected chi connectivity index (χ3v) is 8.70. The number of aliphatic carboxylic acids is 1. The smallest absolute Gasteiger partial charge is 0.309 e. The number of aliphatic hydroxyl groups is 2. The fourth-order valence-corrected chi connectivity index (χ4v) is 7.48. The summed E-state index contributed by atoms with van der Waals surface area (Å²) in [6.07, 6.45) is 4.62. The zero-order valence-corrected chi connectivity index (χ0v) is 14.8. The summed E-state index contributed by atoms with van der Waals surface area (Å²) < 4.78 is 0. The van der Waals surface area contributed by atoms with Crippen LogP contribution in [-0.2, 0) is 4.79 Å². The molecule has 4 aliphatic rings. The van der Waals surface area contributed by atoms with E-state index in [0.717, 1.165) is 31.3 Å². The Kier molecular flexibility index (Phi) is 3.35. The van der Waals surface area contributed by atoms with Crippen LogP contribution in [0.3, 0.4) is 0 Å². The molecular formula is C20H30O4. The molecule has 0 heterocycles. The molecule has 0 saturated heterocycles. The summed E-state index contributed by atoms with van der Waals surface area (Å²) in [5.74, 6) is -0.458. The molecule has 0 amide bonds. The van der Waals surface area contributed by atoms with Crippen LogP contribution in [-0.4, -0.2) is 33.5 Å². The van der Waals surface area contributed by atoms with Gasteiger partial charge in [-0.15, -0.1) is 0 Å². The second kappa shape index (κ2) is 4.85. The first kappa shape index (κ1) is 16.6. The SMILES string of the molecule is C=C1C[C@]23C[C@H]1[C@@H](O)C[C@H]2[C@]1(C)CCC[C@@](C)(C(=O)O)[C@H]1C[C@@H]3O. The Labute approximate surface area is 144 Å². The van der Waals surface area contributed by atoms with Gasteiger partial charge < -0.3 is 15.3 Å². The molecule has 134 valence electrons. The van der Waals surface area contributed by atoms with Gasteiger partial charge in [0.05, 0.1) is 17.6 Å². The van der Waals surface area contributed by atoms with E-state index in [1.165, 1.54) is 0 Å². The van der Waals surface area contributed by atoms with Gasteiger partial charge in [0.15, 0.2) is 0 Å². The van der Waals surface area contributed by atoms with Crippen molar-refractivity contribution >= 4 is 5.97 Å². The van der Waals surface area contributed by atoms with E-state index in [4.69, 9.17) is 0 Å². The molecule has 0 aromatic heterocycles. The molecule has 4 aliphatic carbocycles. The average Bonchev–Trinajstić information content (AvgIpc) is 2.80. The molecule has 3 N–H and O–H groups in total. The minimum absolute atomic E-state index is 0.0282. The number of fused-ring (bicyclic) bond motifs is 3. The predicted octanol–water partition coefficient (Wildman–Crippen LogP) is 2.98. The number of hydrogen-bond acceptors (Lipinski definition) is 3. The Morgan fingerprint density at radius 2 is 1.88 bits per heavy atom. The molecule has 0 unspecified atom stereocenters. The minimum Gasteiger partial charge on any atom is -0.481 e. The highest BCUT2D eigenvalue weighted by Crippen LogP contribution is 2.72. The molecule has 4 nitrogen and oxygen atoms in total. The summed E-state index contributed by atoms with van der Waals surface area (Å²) in [6.45, 7) is 8.30. The van der Waals surface area contributed by atoms with E-state index >= 15 is 0 Å². The van der Waals surface area contributed by atoms with Gasteiger partial charge in [-0.25, -0.2) is 0 Å². The number of carboxylic acids is 1. The van der Waals surface area contributed by atoms with Gasteiger partial charge in [-0.05, 0) is 62.7 Å². The van der Waals surface area contributed by atoms with Gasteiger partial charge in [-0.2, -0.15) is 0 Å². The maximum absolute atomic E-state index is 12.1. The summed E-state index contributed by atoms with van der Waals surface area (Å²) in [6, 6.07) is 0. The Morgan fingerprint density at radius 3 is 2.54 bits per heavy atom. The molecule has 2 bridgehead atoms. The summed E-state index contributed by atoms with van der Waals surface area (Å²) in [7, 11) is 0. The van der Waals surface area contributed by atoms with Crippen LogP contribution in [0.4, 0.5) is 0 Å². The van der Waals surface area contributed by atoms with Crippen molar-refractivity contribution in [2.75, 3.05) is 0 Å². The Bertz CT molecular complexity index is 600. The van der Waals surface area contributed by atoms with Crippen molar-refractivity contribution in [3.05, 3.63) is 12.2 Å². The molecule has 4 saturated carbocycles. The highest BCUT2D eigenvalue weighted by atomic mass is 16.4. The van der Waals surface area contributed by atoms with E-state index in [1.54, 1.807) is 0 Å². The van der Waals surface area contributed by atoms with Crippen LogP contribution in [0, 0.1) is 34.0 Å². The van der Waals surface area contributed by atoms with Crippen LogP contribution in [0.2, 0.25) is 0 Å². The lowest BCUT2D eigenvalue weighted by Crippen LogP contribution is -2.63.